The summed E-state index contributed by atoms with van der Waals surface area (Å²) >= 11 is 0. The van der Waals surface area contributed by atoms with Gasteiger partial charge in [0.05, 0.1) is 6.20 Å². The summed E-state index contributed by atoms with van der Waals surface area (Å²) in [5.41, 5.74) is 3.12. The lowest BCUT2D eigenvalue weighted by molar-refractivity contribution is 0.102. The minimum atomic E-state index is -0.334. The van der Waals surface area contributed by atoms with Gasteiger partial charge in [0.15, 0.2) is 5.65 Å². The number of aromatic nitrogens is 3. The van der Waals surface area contributed by atoms with Crippen LogP contribution in [-0.2, 0) is 6.54 Å². The van der Waals surface area contributed by atoms with E-state index in [9.17, 15) is 9.18 Å². The van der Waals surface area contributed by atoms with Crippen LogP contribution in [0.3, 0.4) is 0 Å². The van der Waals surface area contributed by atoms with Crippen molar-refractivity contribution in [1.82, 2.24) is 19.5 Å². The molecule has 1 N–H and O–H groups in total. The predicted octanol–water partition coefficient (Wildman–Crippen LogP) is 3.27. The standard InChI is InChI=1S/C19H22FN5O/c1-4-24(5-2)11-14-9-21-18-16(10-22-25(18)12-14)19(26)23-17-7-6-15(20)8-13(17)3/h6-10,12H,4-5,11H2,1-3H3,(H,23,26). The van der Waals surface area contributed by atoms with E-state index in [4.69, 9.17) is 0 Å². The number of hydrogen-bond donors (Lipinski definition) is 1. The van der Waals surface area contributed by atoms with Crippen molar-refractivity contribution in [3.05, 3.63) is 59.3 Å². The number of anilines is 1. The highest BCUT2D eigenvalue weighted by Gasteiger charge is 2.16. The average molecular weight is 355 g/mol. The van der Waals surface area contributed by atoms with Gasteiger partial charge in [0, 0.05) is 30.2 Å². The van der Waals surface area contributed by atoms with Crippen molar-refractivity contribution in [2.75, 3.05) is 18.4 Å². The first-order valence-corrected chi connectivity index (χ1v) is 8.64. The van der Waals surface area contributed by atoms with Gasteiger partial charge in [-0.15, -0.1) is 0 Å². The molecular weight excluding hydrogens is 333 g/mol. The maximum atomic E-state index is 13.2. The van der Waals surface area contributed by atoms with Gasteiger partial charge in [-0.2, -0.15) is 5.10 Å². The van der Waals surface area contributed by atoms with Crippen molar-refractivity contribution in [1.29, 1.82) is 0 Å². The highest BCUT2D eigenvalue weighted by atomic mass is 19.1. The zero-order chi connectivity index (χ0) is 18.7. The van der Waals surface area contributed by atoms with Gasteiger partial charge in [0.25, 0.3) is 5.91 Å². The lowest BCUT2D eigenvalue weighted by Crippen LogP contribution is -2.22. The Labute approximate surface area is 151 Å². The molecule has 0 fully saturated rings. The van der Waals surface area contributed by atoms with Gasteiger partial charge in [0.2, 0.25) is 0 Å². The number of benzene rings is 1. The highest BCUT2D eigenvalue weighted by molar-refractivity contribution is 6.08. The Bertz CT molecular complexity index is 933. The molecule has 0 aliphatic carbocycles. The summed E-state index contributed by atoms with van der Waals surface area (Å²) in [6.45, 7) is 8.67. The minimum Gasteiger partial charge on any atom is -0.322 e. The summed E-state index contributed by atoms with van der Waals surface area (Å²) in [5.74, 6) is -0.655. The quantitative estimate of drug-likeness (QED) is 0.737. The van der Waals surface area contributed by atoms with Crippen molar-refractivity contribution in [3.8, 4) is 0 Å². The fourth-order valence-electron chi connectivity index (χ4n) is 2.82. The predicted molar refractivity (Wildman–Crippen MR) is 98.7 cm³/mol. The van der Waals surface area contributed by atoms with Crippen LogP contribution in [0.4, 0.5) is 10.1 Å². The Hall–Kier alpha value is -2.80. The third-order valence-electron chi connectivity index (χ3n) is 4.39. The third-order valence-corrected chi connectivity index (χ3v) is 4.39. The first kappa shape index (κ1) is 18.0. The van der Waals surface area contributed by atoms with Gasteiger partial charge in [-0.1, -0.05) is 13.8 Å². The summed E-state index contributed by atoms with van der Waals surface area (Å²) in [5, 5.41) is 7.04. The van der Waals surface area contributed by atoms with Crippen LogP contribution in [0, 0.1) is 12.7 Å². The van der Waals surface area contributed by atoms with Crippen LogP contribution in [-0.4, -0.2) is 38.5 Å². The fourth-order valence-corrected chi connectivity index (χ4v) is 2.82. The maximum Gasteiger partial charge on any atom is 0.261 e. The van der Waals surface area contributed by atoms with Crippen LogP contribution < -0.4 is 5.32 Å². The van der Waals surface area contributed by atoms with Crippen molar-refractivity contribution < 1.29 is 9.18 Å². The number of fused-ring (bicyclic) bond motifs is 1. The number of nitrogens with zero attached hydrogens (tertiary/aromatic N) is 4. The molecule has 0 radical (unpaired) electrons. The number of rotatable bonds is 6. The van der Waals surface area contributed by atoms with E-state index in [1.807, 2.05) is 6.20 Å². The molecule has 0 unspecified atom stereocenters. The molecule has 3 aromatic rings. The zero-order valence-corrected chi connectivity index (χ0v) is 15.2. The molecular formula is C19H22FN5O. The topological polar surface area (TPSA) is 62.5 Å². The first-order chi connectivity index (χ1) is 12.5. The van der Waals surface area contributed by atoms with Crippen LogP contribution in [0.15, 0.2) is 36.8 Å². The lowest BCUT2D eigenvalue weighted by Gasteiger charge is -2.17. The average Bonchev–Trinajstić information content (AvgIpc) is 3.05. The molecule has 0 bridgehead atoms. The van der Waals surface area contributed by atoms with Crippen molar-refractivity contribution in [2.45, 2.75) is 27.3 Å². The largest absolute Gasteiger partial charge is 0.322 e. The molecule has 1 amide bonds. The van der Waals surface area contributed by atoms with Gasteiger partial charge in [-0.3, -0.25) is 9.69 Å². The molecule has 0 spiro atoms. The summed E-state index contributed by atoms with van der Waals surface area (Å²) in [4.78, 5) is 19.3. The Morgan fingerprint density at radius 2 is 2.04 bits per heavy atom. The van der Waals surface area contributed by atoms with Gasteiger partial charge in [0.1, 0.15) is 11.4 Å². The first-order valence-electron chi connectivity index (χ1n) is 8.64. The molecule has 0 atom stereocenters. The van der Waals surface area contributed by atoms with Crippen LogP contribution in [0.2, 0.25) is 0 Å². The number of aryl methyl sites for hydroxylation is 1. The highest BCUT2D eigenvalue weighted by Crippen LogP contribution is 2.18. The number of hydrogen-bond acceptors (Lipinski definition) is 4. The number of nitrogens with one attached hydrogen (secondary N) is 1. The number of amides is 1. The van der Waals surface area contributed by atoms with Crippen molar-refractivity contribution in [2.24, 2.45) is 0 Å². The van der Waals surface area contributed by atoms with E-state index >= 15 is 0 Å². The van der Waals surface area contributed by atoms with Gasteiger partial charge < -0.3 is 5.32 Å². The number of carbonyl (C=O) groups is 1. The lowest BCUT2D eigenvalue weighted by atomic mass is 10.2. The van der Waals surface area contributed by atoms with Gasteiger partial charge >= 0.3 is 0 Å². The van der Waals surface area contributed by atoms with Crippen LogP contribution in [0.25, 0.3) is 5.65 Å². The normalized spacial score (nSPS) is 11.3. The Morgan fingerprint density at radius 1 is 1.27 bits per heavy atom. The monoisotopic (exact) mass is 355 g/mol. The number of carbonyl (C=O) groups excluding carboxylic acids is 1. The summed E-state index contributed by atoms with van der Waals surface area (Å²) in [6, 6.07) is 4.24. The smallest absolute Gasteiger partial charge is 0.261 e. The van der Waals surface area contributed by atoms with Crippen molar-refractivity contribution in [3.63, 3.8) is 0 Å². The molecule has 0 saturated heterocycles. The van der Waals surface area contributed by atoms with Crippen LogP contribution >= 0.6 is 0 Å². The van der Waals surface area contributed by atoms with E-state index in [0.717, 1.165) is 25.2 Å². The Balaban J connectivity index is 1.83. The summed E-state index contributed by atoms with van der Waals surface area (Å²) < 4.78 is 14.8. The SMILES string of the molecule is CCN(CC)Cc1cnc2c(C(=O)Nc3ccc(F)cc3C)cnn2c1. The molecule has 0 aliphatic rings. The number of halogens is 1. The molecule has 6 nitrogen and oxygen atoms in total. The molecule has 3 rings (SSSR count). The van der Waals surface area contributed by atoms with Crippen LogP contribution in [0.5, 0.6) is 0 Å². The van der Waals surface area contributed by atoms with Gasteiger partial charge in [-0.25, -0.2) is 13.9 Å². The molecule has 2 heterocycles. The fraction of sp³-hybridized carbons (Fsp3) is 0.316. The summed E-state index contributed by atoms with van der Waals surface area (Å²) in [6.07, 6.45) is 5.16. The molecule has 1 aromatic carbocycles. The van der Waals surface area contributed by atoms with E-state index in [-0.39, 0.29) is 11.7 Å². The zero-order valence-electron chi connectivity index (χ0n) is 15.2. The van der Waals surface area contributed by atoms with E-state index in [2.05, 4.69) is 34.1 Å². The van der Waals surface area contributed by atoms with E-state index in [0.29, 0.717) is 22.5 Å². The minimum absolute atomic E-state index is 0.321. The van der Waals surface area contributed by atoms with E-state index in [1.54, 1.807) is 23.7 Å². The second-order valence-corrected chi connectivity index (χ2v) is 6.16. The second-order valence-electron chi connectivity index (χ2n) is 6.16. The molecule has 0 aliphatic heterocycles. The third kappa shape index (κ3) is 3.72. The van der Waals surface area contributed by atoms with Crippen LogP contribution in [0.1, 0.15) is 35.3 Å². The van der Waals surface area contributed by atoms with Crippen molar-refractivity contribution >= 4 is 17.2 Å². The van der Waals surface area contributed by atoms with E-state index in [1.165, 1.54) is 18.3 Å². The molecule has 7 heteroatoms. The van der Waals surface area contributed by atoms with E-state index < -0.39 is 0 Å². The second kappa shape index (κ2) is 7.61. The molecule has 2 aromatic heterocycles. The van der Waals surface area contributed by atoms with Gasteiger partial charge in [-0.05, 0) is 43.8 Å². The molecule has 26 heavy (non-hydrogen) atoms. The summed E-state index contributed by atoms with van der Waals surface area (Å²) in [7, 11) is 0. The maximum absolute atomic E-state index is 13.2. The Kier molecular flexibility index (Phi) is 5.27. The molecule has 136 valence electrons. The Morgan fingerprint density at radius 3 is 2.73 bits per heavy atom. The molecule has 0 saturated carbocycles.